The summed E-state index contributed by atoms with van der Waals surface area (Å²) in [5.74, 6) is 0.885. The molecule has 2 aromatic carbocycles. The Bertz CT molecular complexity index is 1060. The van der Waals surface area contributed by atoms with E-state index in [9.17, 15) is 4.79 Å². The van der Waals surface area contributed by atoms with Gasteiger partial charge in [0.25, 0.3) is 0 Å². The predicted octanol–water partition coefficient (Wildman–Crippen LogP) is 3.66. The Morgan fingerprint density at radius 1 is 1.24 bits per heavy atom. The van der Waals surface area contributed by atoms with Crippen LogP contribution in [0.1, 0.15) is 0 Å². The minimum atomic E-state index is -0.0659. The molecule has 2 aromatic heterocycles. The lowest BCUT2D eigenvalue weighted by Crippen LogP contribution is -2.14. The molecule has 126 valence electrons. The SMILES string of the molecule is CSc1cccc(NC(=O)CSc2n[nH]c3nc4ccccc4n23)c1. The maximum atomic E-state index is 12.2. The van der Waals surface area contributed by atoms with Crippen LogP contribution in [-0.2, 0) is 4.79 Å². The summed E-state index contributed by atoms with van der Waals surface area (Å²) in [4.78, 5) is 17.8. The lowest BCUT2D eigenvalue weighted by Gasteiger charge is -2.06. The number of fused-ring (bicyclic) bond motifs is 3. The molecule has 1 amide bonds. The zero-order chi connectivity index (χ0) is 17.2. The fourth-order valence-corrected chi connectivity index (χ4v) is 3.78. The van der Waals surface area contributed by atoms with Gasteiger partial charge in [-0.15, -0.1) is 16.9 Å². The molecule has 4 aromatic rings. The number of aromatic amines is 1. The summed E-state index contributed by atoms with van der Waals surface area (Å²) in [6, 6.07) is 15.7. The van der Waals surface area contributed by atoms with Crippen molar-refractivity contribution in [2.24, 2.45) is 0 Å². The molecule has 0 unspecified atom stereocenters. The first-order valence-electron chi connectivity index (χ1n) is 7.63. The lowest BCUT2D eigenvalue weighted by atomic mass is 10.3. The van der Waals surface area contributed by atoms with Gasteiger partial charge in [-0.1, -0.05) is 30.0 Å². The highest BCUT2D eigenvalue weighted by Crippen LogP contribution is 2.23. The topological polar surface area (TPSA) is 75.1 Å². The van der Waals surface area contributed by atoms with Crippen LogP contribution in [0, 0.1) is 0 Å². The van der Waals surface area contributed by atoms with Gasteiger partial charge in [0, 0.05) is 10.6 Å². The monoisotopic (exact) mass is 369 g/mol. The van der Waals surface area contributed by atoms with Crippen molar-refractivity contribution in [2.75, 3.05) is 17.3 Å². The van der Waals surface area contributed by atoms with Crippen molar-refractivity contribution in [3.63, 3.8) is 0 Å². The van der Waals surface area contributed by atoms with E-state index in [1.807, 2.05) is 59.2 Å². The van der Waals surface area contributed by atoms with Crippen molar-refractivity contribution < 1.29 is 4.79 Å². The molecule has 8 heteroatoms. The van der Waals surface area contributed by atoms with Gasteiger partial charge < -0.3 is 5.32 Å². The highest BCUT2D eigenvalue weighted by Gasteiger charge is 2.13. The van der Waals surface area contributed by atoms with Gasteiger partial charge in [0.15, 0.2) is 5.16 Å². The van der Waals surface area contributed by atoms with E-state index >= 15 is 0 Å². The number of nitrogens with one attached hydrogen (secondary N) is 2. The largest absolute Gasteiger partial charge is 0.325 e. The minimum absolute atomic E-state index is 0.0659. The van der Waals surface area contributed by atoms with E-state index in [0.717, 1.165) is 26.8 Å². The molecule has 4 rings (SSSR count). The van der Waals surface area contributed by atoms with Gasteiger partial charge in [0.05, 0.1) is 16.8 Å². The van der Waals surface area contributed by atoms with E-state index in [4.69, 9.17) is 0 Å². The van der Waals surface area contributed by atoms with Crippen molar-refractivity contribution >= 4 is 51.9 Å². The number of anilines is 1. The number of carbonyl (C=O) groups excluding carboxylic acids is 1. The van der Waals surface area contributed by atoms with Crippen molar-refractivity contribution in [1.29, 1.82) is 0 Å². The fourth-order valence-electron chi connectivity index (χ4n) is 2.57. The van der Waals surface area contributed by atoms with Gasteiger partial charge in [-0.05, 0) is 36.6 Å². The molecule has 6 nitrogen and oxygen atoms in total. The highest BCUT2D eigenvalue weighted by molar-refractivity contribution is 7.99. The third-order valence-electron chi connectivity index (χ3n) is 3.69. The Balaban J connectivity index is 1.49. The number of hydrogen-bond acceptors (Lipinski definition) is 5. The first-order valence-corrected chi connectivity index (χ1v) is 9.84. The quantitative estimate of drug-likeness (QED) is 0.525. The molecule has 0 saturated heterocycles. The van der Waals surface area contributed by atoms with Crippen LogP contribution in [0.5, 0.6) is 0 Å². The summed E-state index contributed by atoms with van der Waals surface area (Å²) in [5, 5.41) is 10.8. The van der Waals surface area contributed by atoms with Crippen LogP contribution in [0.15, 0.2) is 58.6 Å². The number of hydrogen-bond donors (Lipinski definition) is 2. The second-order valence-electron chi connectivity index (χ2n) is 5.33. The summed E-state index contributed by atoms with van der Waals surface area (Å²) in [6.45, 7) is 0. The molecule has 0 saturated carbocycles. The molecule has 0 aliphatic carbocycles. The maximum absolute atomic E-state index is 12.2. The second-order valence-corrected chi connectivity index (χ2v) is 7.16. The molecule has 25 heavy (non-hydrogen) atoms. The number of para-hydroxylation sites is 2. The molecular weight excluding hydrogens is 354 g/mol. The van der Waals surface area contributed by atoms with E-state index in [1.54, 1.807) is 11.8 Å². The number of thioether (sulfide) groups is 2. The third-order valence-corrected chi connectivity index (χ3v) is 5.35. The summed E-state index contributed by atoms with van der Waals surface area (Å²) in [6.07, 6.45) is 2.01. The van der Waals surface area contributed by atoms with Gasteiger partial charge in [0.1, 0.15) is 0 Å². The van der Waals surface area contributed by atoms with Gasteiger partial charge in [-0.3, -0.25) is 9.20 Å². The fraction of sp³-hybridized carbons (Fsp3) is 0.118. The number of amides is 1. The van der Waals surface area contributed by atoms with Gasteiger partial charge >= 0.3 is 0 Å². The molecular formula is C17H15N5OS2. The normalized spacial score (nSPS) is 11.2. The van der Waals surface area contributed by atoms with Crippen LogP contribution in [0.3, 0.4) is 0 Å². The van der Waals surface area contributed by atoms with Crippen molar-refractivity contribution in [1.82, 2.24) is 19.6 Å². The number of imidazole rings is 1. The number of benzene rings is 2. The number of carbonyl (C=O) groups is 1. The average molecular weight is 369 g/mol. The zero-order valence-electron chi connectivity index (χ0n) is 13.4. The Labute approximate surface area is 152 Å². The van der Waals surface area contributed by atoms with Crippen LogP contribution in [0.25, 0.3) is 16.8 Å². The number of rotatable bonds is 5. The molecule has 2 N–H and O–H groups in total. The first kappa shape index (κ1) is 16.0. The molecule has 0 atom stereocenters. The van der Waals surface area contributed by atoms with E-state index in [-0.39, 0.29) is 11.7 Å². The van der Waals surface area contributed by atoms with E-state index in [1.165, 1.54) is 11.8 Å². The molecule has 0 aliphatic heterocycles. The van der Waals surface area contributed by atoms with Crippen LogP contribution < -0.4 is 5.32 Å². The molecule has 0 spiro atoms. The smallest absolute Gasteiger partial charge is 0.234 e. The van der Waals surface area contributed by atoms with Crippen LogP contribution in [-0.4, -0.2) is 37.5 Å². The number of nitrogens with zero attached hydrogens (tertiary/aromatic N) is 3. The molecule has 0 fully saturated rings. The van der Waals surface area contributed by atoms with Gasteiger partial charge in [-0.2, -0.15) is 0 Å². The van der Waals surface area contributed by atoms with Crippen molar-refractivity contribution in [2.45, 2.75) is 10.1 Å². The van der Waals surface area contributed by atoms with Crippen molar-refractivity contribution in [3.8, 4) is 0 Å². The zero-order valence-corrected chi connectivity index (χ0v) is 15.0. The number of H-pyrrole nitrogens is 1. The molecule has 0 bridgehead atoms. The summed E-state index contributed by atoms with van der Waals surface area (Å²) in [5.41, 5.74) is 2.68. The predicted molar refractivity (Wildman–Crippen MR) is 102 cm³/mol. The Morgan fingerprint density at radius 2 is 2.12 bits per heavy atom. The Hall–Kier alpha value is -2.45. The minimum Gasteiger partial charge on any atom is -0.325 e. The third kappa shape index (κ3) is 3.22. The summed E-state index contributed by atoms with van der Waals surface area (Å²) < 4.78 is 1.93. The van der Waals surface area contributed by atoms with Crippen LogP contribution in [0.4, 0.5) is 5.69 Å². The summed E-state index contributed by atoms with van der Waals surface area (Å²) in [7, 11) is 0. The molecule has 0 radical (unpaired) electrons. The molecule has 0 aliphatic rings. The number of aromatic nitrogens is 4. The Kier molecular flexibility index (Phi) is 4.37. The maximum Gasteiger partial charge on any atom is 0.234 e. The van der Waals surface area contributed by atoms with E-state index in [0.29, 0.717) is 5.78 Å². The van der Waals surface area contributed by atoms with Gasteiger partial charge in [0.2, 0.25) is 11.7 Å². The lowest BCUT2D eigenvalue weighted by molar-refractivity contribution is -0.113. The first-order chi connectivity index (χ1) is 12.2. The second kappa shape index (κ2) is 6.81. The summed E-state index contributed by atoms with van der Waals surface area (Å²) >= 11 is 3.02. The highest BCUT2D eigenvalue weighted by atomic mass is 32.2. The van der Waals surface area contributed by atoms with E-state index in [2.05, 4.69) is 20.5 Å². The Morgan fingerprint density at radius 3 is 3.00 bits per heavy atom. The average Bonchev–Trinajstić information content (AvgIpc) is 3.19. The van der Waals surface area contributed by atoms with Crippen LogP contribution >= 0.6 is 23.5 Å². The molecule has 2 heterocycles. The van der Waals surface area contributed by atoms with Crippen molar-refractivity contribution in [3.05, 3.63) is 48.5 Å². The van der Waals surface area contributed by atoms with Gasteiger partial charge in [-0.25, -0.2) is 10.1 Å². The van der Waals surface area contributed by atoms with E-state index < -0.39 is 0 Å². The standard InChI is InChI=1S/C17H15N5OS2/c1-24-12-6-4-5-11(9-12)18-15(23)10-25-17-21-20-16-19-13-7-2-3-8-14(13)22(16)17/h2-9H,10H2,1H3,(H,18,23)(H,19,20). The van der Waals surface area contributed by atoms with Crippen LogP contribution in [0.2, 0.25) is 0 Å².